The molecule has 2 unspecified atom stereocenters. The lowest BCUT2D eigenvalue weighted by atomic mass is 9.91. The lowest BCUT2D eigenvalue weighted by Crippen LogP contribution is -2.37. The van der Waals surface area contributed by atoms with Crippen LogP contribution >= 0.6 is 11.6 Å². The van der Waals surface area contributed by atoms with Gasteiger partial charge in [-0.3, -0.25) is 4.99 Å². The summed E-state index contributed by atoms with van der Waals surface area (Å²) in [6.07, 6.45) is 6.98. The predicted octanol–water partition coefficient (Wildman–Crippen LogP) is 4.34. The number of allylic oxidation sites excluding steroid dienone is 1. The molecule has 7 nitrogen and oxygen atoms in total. The molecule has 2 aromatic carbocycles. The SMILES string of the molecule is CCCOc1c(Cl)cc(C2CCc3ccc(OCC4=CC=NC(S(C)(=O)=O)N4)cc32)cc1C#N. The third-order valence-corrected chi connectivity index (χ3v) is 7.17. The Kier molecular flexibility index (Phi) is 7.15. The van der Waals surface area contributed by atoms with Gasteiger partial charge < -0.3 is 14.8 Å². The van der Waals surface area contributed by atoms with Crippen LogP contribution < -0.4 is 14.8 Å². The Morgan fingerprint density at radius 3 is 2.82 bits per heavy atom. The zero-order valence-corrected chi connectivity index (χ0v) is 20.6. The van der Waals surface area contributed by atoms with Gasteiger partial charge in [0.1, 0.15) is 18.4 Å². The number of hydrogen-bond donors (Lipinski definition) is 1. The Morgan fingerprint density at radius 1 is 1.26 bits per heavy atom. The van der Waals surface area contributed by atoms with E-state index in [1.807, 2.05) is 31.2 Å². The average Bonchev–Trinajstić information content (AvgIpc) is 3.24. The third-order valence-electron chi connectivity index (χ3n) is 5.84. The second-order valence-corrected chi connectivity index (χ2v) is 10.9. The van der Waals surface area contributed by atoms with E-state index in [1.165, 1.54) is 11.8 Å². The number of benzene rings is 2. The van der Waals surface area contributed by atoms with E-state index in [2.05, 4.69) is 22.4 Å². The molecule has 0 amide bonds. The highest BCUT2D eigenvalue weighted by Crippen LogP contribution is 2.42. The molecule has 2 atom stereocenters. The van der Waals surface area contributed by atoms with Gasteiger partial charge in [-0.2, -0.15) is 5.26 Å². The largest absolute Gasteiger partial charge is 0.491 e. The van der Waals surface area contributed by atoms with E-state index < -0.39 is 15.3 Å². The summed E-state index contributed by atoms with van der Waals surface area (Å²) in [5.74, 6) is 1.22. The van der Waals surface area contributed by atoms with Gasteiger partial charge in [0.2, 0.25) is 5.50 Å². The maximum Gasteiger partial charge on any atom is 0.221 e. The van der Waals surface area contributed by atoms with Crippen molar-refractivity contribution in [1.82, 2.24) is 5.32 Å². The first-order valence-electron chi connectivity index (χ1n) is 11.1. The van der Waals surface area contributed by atoms with Crippen LogP contribution in [0.3, 0.4) is 0 Å². The van der Waals surface area contributed by atoms with Gasteiger partial charge in [-0.05, 0) is 66.3 Å². The number of ether oxygens (including phenoxy) is 2. The lowest BCUT2D eigenvalue weighted by molar-refractivity contribution is 0.316. The third kappa shape index (κ3) is 5.21. The van der Waals surface area contributed by atoms with Crippen molar-refractivity contribution < 1.29 is 17.9 Å². The average molecular weight is 500 g/mol. The van der Waals surface area contributed by atoms with Crippen LogP contribution in [0.4, 0.5) is 0 Å². The normalized spacial score (nSPS) is 19.1. The molecule has 1 heterocycles. The molecule has 0 bridgehead atoms. The van der Waals surface area contributed by atoms with Gasteiger partial charge in [-0.25, -0.2) is 8.42 Å². The van der Waals surface area contributed by atoms with Crippen molar-refractivity contribution in [2.24, 2.45) is 4.99 Å². The highest BCUT2D eigenvalue weighted by Gasteiger charge is 2.27. The Hall–Kier alpha value is -3.02. The second-order valence-electron chi connectivity index (χ2n) is 8.40. The molecule has 0 fully saturated rings. The van der Waals surface area contributed by atoms with Crippen molar-refractivity contribution in [3.05, 3.63) is 69.4 Å². The van der Waals surface area contributed by atoms with Crippen molar-refractivity contribution in [3.63, 3.8) is 0 Å². The molecule has 0 aromatic heterocycles. The maximum atomic E-state index is 11.8. The van der Waals surface area contributed by atoms with Crippen LogP contribution in [0.1, 0.15) is 47.9 Å². The summed E-state index contributed by atoms with van der Waals surface area (Å²) in [7, 11) is -3.35. The van der Waals surface area contributed by atoms with E-state index in [0.29, 0.717) is 34.4 Å². The number of nitrogens with zero attached hydrogens (tertiary/aromatic N) is 2. The topological polar surface area (TPSA) is 101 Å². The smallest absolute Gasteiger partial charge is 0.221 e. The molecule has 178 valence electrons. The summed E-state index contributed by atoms with van der Waals surface area (Å²) in [5.41, 5.74) is 3.43. The van der Waals surface area contributed by atoms with Gasteiger partial charge in [0.25, 0.3) is 0 Å². The minimum absolute atomic E-state index is 0.0946. The molecule has 2 aliphatic rings. The van der Waals surface area contributed by atoms with Gasteiger partial charge in [0, 0.05) is 18.4 Å². The van der Waals surface area contributed by atoms with Crippen LogP contribution in [-0.2, 0) is 16.3 Å². The fraction of sp³-hybridized carbons (Fsp3) is 0.360. The highest BCUT2D eigenvalue weighted by molar-refractivity contribution is 7.91. The first-order valence-corrected chi connectivity index (χ1v) is 13.4. The highest BCUT2D eigenvalue weighted by atomic mass is 35.5. The Morgan fingerprint density at radius 2 is 2.09 bits per heavy atom. The summed E-state index contributed by atoms with van der Waals surface area (Å²) in [6, 6.07) is 12.0. The van der Waals surface area contributed by atoms with Crippen LogP contribution in [0.5, 0.6) is 11.5 Å². The van der Waals surface area contributed by atoms with Gasteiger partial charge >= 0.3 is 0 Å². The van der Waals surface area contributed by atoms with Crippen molar-refractivity contribution in [3.8, 4) is 17.6 Å². The number of nitriles is 1. The van der Waals surface area contributed by atoms with Crippen LogP contribution in [0.15, 0.2) is 47.1 Å². The number of aliphatic imine (C=N–C) groups is 1. The minimum Gasteiger partial charge on any atom is -0.491 e. The van der Waals surface area contributed by atoms with E-state index >= 15 is 0 Å². The zero-order chi connectivity index (χ0) is 24.3. The summed E-state index contributed by atoms with van der Waals surface area (Å²) in [6.45, 7) is 2.69. The number of fused-ring (bicyclic) bond motifs is 1. The summed E-state index contributed by atoms with van der Waals surface area (Å²) in [4.78, 5) is 3.94. The molecule has 2 aromatic rings. The van der Waals surface area contributed by atoms with Crippen molar-refractivity contribution >= 4 is 27.7 Å². The number of hydrogen-bond acceptors (Lipinski definition) is 7. The number of aryl methyl sites for hydroxylation is 1. The maximum absolute atomic E-state index is 11.8. The molecular formula is C25H26ClN3O4S. The van der Waals surface area contributed by atoms with Gasteiger partial charge in [-0.1, -0.05) is 24.6 Å². The van der Waals surface area contributed by atoms with E-state index in [4.69, 9.17) is 21.1 Å². The van der Waals surface area contributed by atoms with Crippen molar-refractivity contribution in [1.29, 1.82) is 5.26 Å². The second kappa shape index (κ2) is 10.1. The van der Waals surface area contributed by atoms with E-state index in [9.17, 15) is 13.7 Å². The molecule has 1 N–H and O–H groups in total. The predicted molar refractivity (Wildman–Crippen MR) is 132 cm³/mol. The number of nitrogens with one attached hydrogen (secondary N) is 1. The number of halogens is 1. The van der Waals surface area contributed by atoms with Crippen LogP contribution in [0, 0.1) is 11.3 Å². The molecular weight excluding hydrogens is 474 g/mol. The van der Waals surface area contributed by atoms with E-state index in [1.54, 1.807) is 6.08 Å². The fourth-order valence-electron chi connectivity index (χ4n) is 4.19. The first-order chi connectivity index (χ1) is 16.3. The van der Waals surface area contributed by atoms with Gasteiger partial charge in [0.05, 0.1) is 22.9 Å². The molecule has 0 radical (unpaired) electrons. The van der Waals surface area contributed by atoms with E-state index in [-0.39, 0.29) is 12.5 Å². The molecule has 4 rings (SSSR count). The zero-order valence-electron chi connectivity index (χ0n) is 19.0. The molecule has 9 heteroatoms. The Balaban J connectivity index is 1.53. The monoisotopic (exact) mass is 499 g/mol. The van der Waals surface area contributed by atoms with Crippen LogP contribution in [0.2, 0.25) is 5.02 Å². The van der Waals surface area contributed by atoms with E-state index in [0.717, 1.165) is 36.6 Å². The quantitative estimate of drug-likeness (QED) is 0.579. The van der Waals surface area contributed by atoms with Crippen LogP contribution in [-0.4, -0.2) is 39.6 Å². The molecule has 1 aliphatic carbocycles. The first kappa shape index (κ1) is 24.1. The van der Waals surface area contributed by atoms with Crippen molar-refractivity contribution in [2.75, 3.05) is 19.5 Å². The minimum atomic E-state index is -3.35. The Labute approximate surface area is 205 Å². The van der Waals surface area contributed by atoms with Gasteiger partial charge in [0.15, 0.2) is 15.6 Å². The fourth-order valence-corrected chi connectivity index (χ4v) is 5.13. The van der Waals surface area contributed by atoms with Crippen LogP contribution in [0.25, 0.3) is 0 Å². The standard InChI is InChI=1S/C25H26ClN3O4S/c1-3-10-32-24-18(14-27)11-17(12-23(24)26)21-7-5-16-4-6-20(13-22(16)21)33-15-19-8-9-28-25(29-19)34(2,30)31/h4,6,8-9,11-13,21,25,29H,3,5,7,10,15H2,1-2H3. The summed E-state index contributed by atoms with van der Waals surface area (Å²) in [5, 5.41) is 13.0. The molecule has 34 heavy (non-hydrogen) atoms. The molecule has 0 saturated heterocycles. The summed E-state index contributed by atoms with van der Waals surface area (Å²) >= 11 is 6.50. The molecule has 0 saturated carbocycles. The lowest BCUT2D eigenvalue weighted by Gasteiger charge is -2.20. The number of rotatable bonds is 8. The molecule has 0 spiro atoms. The number of sulfone groups is 1. The molecule has 1 aliphatic heterocycles. The summed E-state index contributed by atoms with van der Waals surface area (Å²) < 4.78 is 35.2. The Bertz CT molecular complexity index is 1300. The van der Waals surface area contributed by atoms with Gasteiger partial charge in [-0.15, -0.1) is 0 Å². The van der Waals surface area contributed by atoms with Crippen molar-refractivity contribution in [2.45, 2.75) is 37.6 Å².